The number of hydrogen-bond donors (Lipinski definition) is 0. The molecule has 0 aliphatic rings. The maximum Gasteiger partial charge on any atom is 0.335 e. The third-order valence-electron chi connectivity index (χ3n) is 5.42. The molecule has 0 N–H and O–H groups in total. The van der Waals surface area contributed by atoms with Crippen LogP contribution in [0, 0.1) is 0 Å². The highest BCUT2D eigenvalue weighted by atomic mass is 79.9. The number of esters is 1. The number of hydrogen-bond acceptors (Lipinski definition) is 4. The first kappa shape index (κ1) is 25.7. The van der Waals surface area contributed by atoms with Gasteiger partial charge in [0.1, 0.15) is 12.4 Å². The number of carbonyl (C=O) groups is 1. The lowest BCUT2D eigenvalue weighted by Crippen LogP contribution is -2.28. The summed E-state index contributed by atoms with van der Waals surface area (Å²) in [4.78, 5) is 12.0. The summed E-state index contributed by atoms with van der Waals surface area (Å²) >= 11 is 3.48. The van der Waals surface area contributed by atoms with Gasteiger partial charge in [-0.1, -0.05) is 64.5 Å². The molecule has 0 aliphatic heterocycles. The van der Waals surface area contributed by atoms with E-state index < -0.39 is 6.10 Å². The highest BCUT2D eigenvalue weighted by Gasteiger charge is 2.20. The average Bonchev–Trinajstić information content (AvgIpc) is 2.85. The smallest absolute Gasteiger partial charge is 0.335 e. The third-order valence-corrected chi connectivity index (χ3v) is 5.95. The van der Waals surface area contributed by atoms with Gasteiger partial charge in [0, 0.05) is 17.5 Å². The number of ether oxygens (including phenoxy) is 3. The van der Waals surface area contributed by atoms with E-state index in [1.54, 1.807) is 6.92 Å². The van der Waals surface area contributed by atoms with Crippen molar-refractivity contribution < 1.29 is 19.0 Å². The minimum atomic E-state index is -0.586. The van der Waals surface area contributed by atoms with Crippen LogP contribution in [-0.2, 0) is 20.7 Å². The van der Waals surface area contributed by atoms with Gasteiger partial charge in [-0.2, -0.15) is 0 Å². The van der Waals surface area contributed by atoms with Crippen LogP contribution in [0.2, 0.25) is 0 Å². The van der Waals surface area contributed by atoms with Crippen molar-refractivity contribution in [3.05, 3.63) is 94.5 Å². The lowest BCUT2D eigenvalue weighted by Gasteiger charge is -2.15. The van der Waals surface area contributed by atoms with Crippen LogP contribution in [0.4, 0.5) is 0 Å². The van der Waals surface area contributed by atoms with E-state index in [-0.39, 0.29) is 5.97 Å². The Morgan fingerprint density at radius 2 is 1.50 bits per heavy atom. The lowest BCUT2D eigenvalue weighted by molar-refractivity contribution is -0.156. The molecule has 0 aliphatic carbocycles. The first-order valence-electron chi connectivity index (χ1n) is 11.5. The van der Waals surface area contributed by atoms with E-state index in [1.807, 2.05) is 31.2 Å². The fourth-order valence-electron chi connectivity index (χ4n) is 3.53. The van der Waals surface area contributed by atoms with Gasteiger partial charge >= 0.3 is 5.97 Å². The summed E-state index contributed by atoms with van der Waals surface area (Å²) < 4.78 is 17.6. The van der Waals surface area contributed by atoms with Gasteiger partial charge in [-0.05, 0) is 78.9 Å². The van der Waals surface area contributed by atoms with Crippen LogP contribution in [0.3, 0.4) is 0 Å². The quantitative estimate of drug-likeness (QED) is 0.251. The molecule has 0 fully saturated rings. The van der Waals surface area contributed by atoms with E-state index in [2.05, 4.69) is 77.5 Å². The normalized spacial score (nSPS) is 12.3. The molecule has 0 aromatic heterocycles. The van der Waals surface area contributed by atoms with Crippen molar-refractivity contribution in [3.63, 3.8) is 0 Å². The van der Waals surface area contributed by atoms with E-state index in [1.165, 1.54) is 16.7 Å². The van der Waals surface area contributed by atoms with Crippen LogP contribution >= 0.6 is 15.9 Å². The molecule has 3 aromatic carbocycles. The minimum Gasteiger partial charge on any atom is -0.490 e. The summed E-state index contributed by atoms with van der Waals surface area (Å²) in [5.74, 6) is 0.456. The molecular weight excluding hydrogens is 492 g/mol. The number of allylic oxidation sites excluding steroid dienone is 1. The number of halogens is 1. The van der Waals surface area contributed by atoms with E-state index in [0.717, 1.165) is 21.4 Å². The van der Waals surface area contributed by atoms with Crippen LogP contribution in [-0.4, -0.2) is 31.9 Å². The molecule has 0 heterocycles. The molecule has 0 saturated heterocycles. The first-order chi connectivity index (χ1) is 16.5. The zero-order chi connectivity index (χ0) is 24.3. The van der Waals surface area contributed by atoms with Gasteiger partial charge in [-0.15, -0.1) is 0 Å². The molecule has 0 saturated carbocycles. The van der Waals surface area contributed by atoms with Gasteiger partial charge in [0.2, 0.25) is 0 Å². The van der Waals surface area contributed by atoms with Gasteiger partial charge in [-0.25, -0.2) is 4.79 Å². The third kappa shape index (κ3) is 7.57. The van der Waals surface area contributed by atoms with Crippen LogP contribution < -0.4 is 4.74 Å². The summed E-state index contributed by atoms with van der Waals surface area (Å²) in [7, 11) is 0. The molecule has 178 valence electrons. The van der Waals surface area contributed by atoms with Crippen LogP contribution in [0.25, 0.3) is 16.7 Å². The molecule has 3 rings (SSSR count). The largest absolute Gasteiger partial charge is 0.490 e. The Labute approximate surface area is 210 Å². The van der Waals surface area contributed by atoms with Gasteiger partial charge in [0.25, 0.3) is 0 Å². The highest BCUT2D eigenvalue weighted by Crippen LogP contribution is 2.24. The summed E-state index contributed by atoms with van der Waals surface area (Å²) in [6.07, 6.45) is 1.97. The van der Waals surface area contributed by atoms with E-state index in [9.17, 15) is 4.79 Å². The second-order valence-corrected chi connectivity index (χ2v) is 8.74. The Balaban J connectivity index is 1.54. The maximum absolute atomic E-state index is 12.0. The molecule has 0 amide bonds. The standard InChI is InChI=1S/C29H31BrO4/c1-4-32-28(29(31)33-5-2)20-22-6-16-27(17-7-22)34-19-18-21(3)23-8-10-24(11-9-23)25-12-14-26(30)15-13-25/h6-18,28H,4-5,19-20H2,1-3H3/b21-18+/t28-/m0/s1. The van der Waals surface area contributed by atoms with E-state index in [0.29, 0.717) is 26.2 Å². The number of benzene rings is 3. The molecule has 34 heavy (non-hydrogen) atoms. The van der Waals surface area contributed by atoms with Crippen LogP contribution in [0.1, 0.15) is 31.9 Å². The zero-order valence-electron chi connectivity index (χ0n) is 19.9. The van der Waals surface area contributed by atoms with Gasteiger partial charge in [-0.3, -0.25) is 0 Å². The molecule has 1 atom stereocenters. The second-order valence-electron chi connectivity index (χ2n) is 7.83. The summed E-state index contributed by atoms with van der Waals surface area (Å²) in [6, 6.07) is 24.6. The van der Waals surface area contributed by atoms with Gasteiger partial charge in [0.15, 0.2) is 6.10 Å². The summed E-state index contributed by atoms with van der Waals surface area (Å²) in [6.45, 7) is 7.03. The molecule has 4 nitrogen and oxygen atoms in total. The molecular formula is C29H31BrO4. The van der Waals surface area contributed by atoms with Crippen molar-refractivity contribution >= 4 is 27.5 Å². The van der Waals surface area contributed by atoms with E-state index in [4.69, 9.17) is 14.2 Å². The molecule has 0 spiro atoms. The Morgan fingerprint density at radius 1 is 0.882 bits per heavy atom. The lowest BCUT2D eigenvalue weighted by atomic mass is 10.0. The zero-order valence-corrected chi connectivity index (χ0v) is 21.5. The Kier molecular flexibility index (Phi) is 9.92. The van der Waals surface area contributed by atoms with Gasteiger partial charge < -0.3 is 14.2 Å². The molecule has 0 unspecified atom stereocenters. The van der Waals surface area contributed by atoms with Crippen molar-refractivity contribution in [3.8, 4) is 16.9 Å². The Morgan fingerprint density at radius 3 is 2.09 bits per heavy atom. The fraction of sp³-hybridized carbons (Fsp3) is 0.276. The van der Waals surface area contributed by atoms with Crippen molar-refractivity contribution in [2.24, 2.45) is 0 Å². The molecule has 0 radical (unpaired) electrons. The predicted octanol–water partition coefficient (Wildman–Crippen LogP) is 7.11. The Hall–Kier alpha value is -2.89. The van der Waals surface area contributed by atoms with Crippen molar-refractivity contribution in [2.45, 2.75) is 33.3 Å². The maximum atomic E-state index is 12.0. The molecule has 0 bridgehead atoms. The summed E-state index contributed by atoms with van der Waals surface area (Å²) in [5, 5.41) is 0. The fourth-order valence-corrected chi connectivity index (χ4v) is 3.80. The van der Waals surface area contributed by atoms with Gasteiger partial charge in [0.05, 0.1) is 6.61 Å². The topological polar surface area (TPSA) is 44.8 Å². The van der Waals surface area contributed by atoms with Crippen LogP contribution in [0.5, 0.6) is 5.75 Å². The number of carbonyl (C=O) groups excluding carboxylic acids is 1. The Bertz CT molecular complexity index is 1070. The van der Waals surface area contributed by atoms with E-state index >= 15 is 0 Å². The van der Waals surface area contributed by atoms with Crippen LogP contribution in [0.15, 0.2) is 83.3 Å². The van der Waals surface area contributed by atoms with Crippen molar-refractivity contribution in [2.75, 3.05) is 19.8 Å². The molecule has 5 heteroatoms. The second kappa shape index (κ2) is 13.1. The predicted molar refractivity (Wildman–Crippen MR) is 141 cm³/mol. The average molecular weight is 523 g/mol. The minimum absolute atomic E-state index is 0.324. The van der Waals surface area contributed by atoms with Crippen molar-refractivity contribution in [1.29, 1.82) is 0 Å². The monoisotopic (exact) mass is 522 g/mol. The first-order valence-corrected chi connectivity index (χ1v) is 12.3. The summed E-state index contributed by atoms with van der Waals surface area (Å²) in [5.41, 5.74) is 5.71. The van der Waals surface area contributed by atoms with Crippen molar-refractivity contribution in [1.82, 2.24) is 0 Å². The SMILES string of the molecule is CCOC(=O)[C@H](Cc1ccc(OC/C=C(\C)c2ccc(-c3ccc(Br)cc3)cc2)cc1)OCC. The molecule has 3 aromatic rings. The number of rotatable bonds is 11. The highest BCUT2D eigenvalue weighted by molar-refractivity contribution is 9.10.